The number of anilines is 1. The fourth-order valence-electron chi connectivity index (χ4n) is 2.74. The lowest BCUT2D eigenvalue weighted by molar-refractivity contribution is -0.120. The van der Waals surface area contributed by atoms with Gasteiger partial charge in [-0.1, -0.05) is 29.3 Å². The molecule has 1 aromatic heterocycles. The summed E-state index contributed by atoms with van der Waals surface area (Å²) in [7, 11) is -3.54. The number of benzene rings is 1. The smallest absolute Gasteiger partial charge is 0.252 e. The van der Waals surface area contributed by atoms with Gasteiger partial charge in [-0.05, 0) is 42.5 Å². The predicted molar refractivity (Wildman–Crippen MR) is 101 cm³/mol. The molecule has 5 nitrogen and oxygen atoms in total. The predicted octanol–water partition coefficient (Wildman–Crippen LogP) is 4.09. The average Bonchev–Trinajstić information content (AvgIpc) is 3.13. The van der Waals surface area contributed by atoms with Crippen LogP contribution in [-0.4, -0.2) is 31.7 Å². The standard InChI is InChI=1S/C16H16Cl2N2O3S2/c17-12-5-6-14(13(18)9-12)19-16(21)11-3-1-7-20(10-11)25(22,23)15-4-2-8-24-15/h2,4-6,8-9,11H,1,3,7,10H2,(H,19,21)/t11-/m1/s1. The van der Waals surface area contributed by atoms with E-state index in [-0.39, 0.29) is 12.5 Å². The lowest BCUT2D eigenvalue weighted by Crippen LogP contribution is -2.43. The zero-order chi connectivity index (χ0) is 18.0. The highest BCUT2D eigenvalue weighted by Crippen LogP contribution is 2.29. The summed E-state index contributed by atoms with van der Waals surface area (Å²) in [4.78, 5) is 12.5. The van der Waals surface area contributed by atoms with Crippen LogP contribution in [0, 0.1) is 5.92 Å². The first-order valence-electron chi connectivity index (χ1n) is 7.67. The molecule has 3 rings (SSSR count). The van der Waals surface area contributed by atoms with Crippen molar-refractivity contribution in [2.75, 3.05) is 18.4 Å². The van der Waals surface area contributed by atoms with E-state index >= 15 is 0 Å². The maximum atomic E-state index is 12.6. The maximum Gasteiger partial charge on any atom is 0.252 e. The third-order valence-corrected chi connectivity index (χ3v) is 7.82. The summed E-state index contributed by atoms with van der Waals surface area (Å²) in [5.41, 5.74) is 0.467. The lowest BCUT2D eigenvalue weighted by Gasteiger charge is -2.30. The second kappa shape index (κ2) is 7.63. The van der Waals surface area contributed by atoms with Gasteiger partial charge in [0.2, 0.25) is 5.91 Å². The molecule has 1 atom stereocenters. The topological polar surface area (TPSA) is 66.5 Å². The highest BCUT2D eigenvalue weighted by Gasteiger charge is 2.33. The molecule has 0 spiro atoms. The monoisotopic (exact) mass is 418 g/mol. The minimum atomic E-state index is -3.54. The van der Waals surface area contributed by atoms with Crippen molar-refractivity contribution >= 4 is 56.2 Å². The Morgan fingerprint density at radius 2 is 2.08 bits per heavy atom. The van der Waals surface area contributed by atoms with Gasteiger partial charge in [-0.3, -0.25) is 4.79 Å². The van der Waals surface area contributed by atoms with E-state index in [9.17, 15) is 13.2 Å². The molecule has 0 aliphatic carbocycles. The Labute approximate surface area is 160 Å². The summed E-state index contributed by atoms with van der Waals surface area (Å²) >= 11 is 13.1. The molecular formula is C16H16Cl2N2O3S2. The normalized spacial score (nSPS) is 18.9. The molecule has 1 aromatic carbocycles. The zero-order valence-electron chi connectivity index (χ0n) is 13.1. The first-order valence-corrected chi connectivity index (χ1v) is 10.7. The molecule has 2 heterocycles. The van der Waals surface area contributed by atoms with Crippen molar-refractivity contribution in [1.82, 2.24) is 4.31 Å². The summed E-state index contributed by atoms with van der Waals surface area (Å²) in [6.45, 7) is 0.586. The second-order valence-corrected chi connectivity index (χ2v) is 9.70. The fourth-order valence-corrected chi connectivity index (χ4v) is 5.86. The number of carbonyl (C=O) groups excluding carboxylic acids is 1. The van der Waals surface area contributed by atoms with Crippen molar-refractivity contribution in [3.63, 3.8) is 0 Å². The van der Waals surface area contributed by atoms with E-state index in [0.29, 0.717) is 39.3 Å². The van der Waals surface area contributed by atoms with Crippen LogP contribution in [0.25, 0.3) is 0 Å². The lowest BCUT2D eigenvalue weighted by atomic mass is 9.99. The van der Waals surface area contributed by atoms with E-state index in [2.05, 4.69) is 5.32 Å². The molecular weight excluding hydrogens is 403 g/mol. The van der Waals surface area contributed by atoms with Crippen molar-refractivity contribution in [2.24, 2.45) is 5.92 Å². The second-order valence-electron chi connectivity index (χ2n) is 5.75. The van der Waals surface area contributed by atoms with Crippen LogP contribution in [-0.2, 0) is 14.8 Å². The van der Waals surface area contributed by atoms with Crippen molar-refractivity contribution in [3.05, 3.63) is 45.8 Å². The molecule has 1 N–H and O–H groups in total. The number of rotatable bonds is 4. The minimum absolute atomic E-state index is 0.164. The SMILES string of the molecule is O=C(Nc1ccc(Cl)cc1Cl)[C@@H]1CCCN(S(=O)(=O)c2cccs2)C1. The van der Waals surface area contributed by atoms with Crippen LogP contribution in [0.2, 0.25) is 10.0 Å². The third kappa shape index (κ3) is 4.17. The Morgan fingerprint density at radius 3 is 2.76 bits per heavy atom. The Hall–Kier alpha value is -1.12. The van der Waals surface area contributed by atoms with Gasteiger partial charge < -0.3 is 5.32 Å². The van der Waals surface area contributed by atoms with Crippen LogP contribution in [0.3, 0.4) is 0 Å². The van der Waals surface area contributed by atoms with E-state index in [4.69, 9.17) is 23.2 Å². The molecule has 1 amide bonds. The van der Waals surface area contributed by atoms with Crippen LogP contribution < -0.4 is 5.32 Å². The molecule has 134 valence electrons. The number of hydrogen-bond acceptors (Lipinski definition) is 4. The van der Waals surface area contributed by atoms with E-state index in [1.54, 1.807) is 35.7 Å². The Bertz CT molecular complexity index is 870. The van der Waals surface area contributed by atoms with Gasteiger partial charge in [-0.2, -0.15) is 4.31 Å². The van der Waals surface area contributed by atoms with Gasteiger partial charge in [-0.25, -0.2) is 8.42 Å². The molecule has 1 aliphatic rings. The molecule has 0 unspecified atom stereocenters. The third-order valence-electron chi connectivity index (χ3n) is 4.03. The fraction of sp³-hybridized carbons (Fsp3) is 0.312. The van der Waals surface area contributed by atoms with Crippen molar-refractivity contribution in [2.45, 2.75) is 17.1 Å². The number of halogens is 2. The largest absolute Gasteiger partial charge is 0.324 e. The number of thiophene rings is 1. The number of amides is 1. The highest BCUT2D eigenvalue weighted by molar-refractivity contribution is 7.91. The number of nitrogens with one attached hydrogen (secondary N) is 1. The van der Waals surface area contributed by atoms with Gasteiger partial charge in [0.25, 0.3) is 10.0 Å². The van der Waals surface area contributed by atoms with E-state index < -0.39 is 15.9 Å². The highest BCUT2D eigenvalue weighted by atomic mass is 35.5. The van der Waals surface area contributed by atoms with Gasteiger partial charge in [0, 0.05) is 18.1 Å². The summed E-state index contributed by atoms with van der Waals surface area (Å²) in [6, 6.07) is 8.10. The van der Waals surface area contributed by atoms with Crippen molar-refractivity contribution < 1.29 is 13.2 Å². The van der Waals surface area contributed by atoms with E-state index in [1.807, 2.05) is 0 Å². The van der Waals surface area contributed by atoms with E-state index in [0.717, 1.165) is 0 Å². The minimum Gasteiger partial charge on any atom is -0.324 e. The maximum absolute atomic E-state index is 12.6. The van der Waals surface area contributed by atoms with Gasteiger partial charge in [0.15, 0.2) is 0 Å². The Morgan fingerprint density at radius 1 is 1.28 bits per heavy atom. The molecule has 1 saturated heterocycles. The van der Waals surface area contributed by atoms with Gasteiger partial charge >= 0.3 is 0 Å². The van der Waals surface area contributed by atoms with Crippen LogP contribution in [0.15, 0.2) is 39.9 Å². The first kappa shape index (κ1) is 18.7. The first-order chi connectivity index (χ1) is 11.9. The molecule has 1 fully saturated rings. The molecule has 1 aliphatic heterocycles. The summed E-state index contributed by atoms with van der Waals surface area (Å²) in [6.07, 6.45) is 1.27. The van der Waals surface area contributed by atoms with Crippen LogP contribution >= 0.6 is 34.5 Å². The van der Waals surface area contributed by atoms with Gasteiger partial charge in [0.05, 0.1) is 16.6 Å². The number of piperidine rings is 1. The molecule has 9 heteroatoms. The average molecular weight is 419 g/mol. The summed E-state index contributed by atoms with van der Waals surface area (Å²) in [5.74, 6) is -0.662. The molecule has 0 saturated carbocycles. The summed E-state index contributed by atoms with van der Waals surface area (Å²) < 4.78 is 27.0. The van der Waals surface area contributed by atoms with Crippen LogP contribution in [0.4, 0.5) is 5.69 Å². The Kier molecular flexibility index (Phi) is 5.70. The molecule has 0 bridgehead atoms. The number of carbonyl (C=O) groups is 1. The van der Waals surface area contributed by atoms with Gasteiger partial charge in [0.1, 0.15) is 4.21 Å². The van der Waals surface area contributed by atoms with Crippen molar-refractivity contribution in [1.29, 1.82) is 0 Å². The number of nitrogens with zero attached hydrogens (tertiary/aromatic N) is 1. The number of hydrogen-bond donors (Lipinski definition) is 1. The molecule has 0 radical (unpaired) electrons. The molecule has 25 heavy (non-hydrogen) atoms. The Balaban J connectivity index is 1.72. The van der Waals surface area contributed by atoms with Crippen LogP contribution in [0.1, 0.15) is 12.8 Å². The van der Waals surface area contributed by atoms with Crippen LogP contribution in [0.5, 0.6) is 0 Å². The quantitative estimate of drug-likeness (QED) is 0.812. The number of sulfonamides is 1. The summed E-state index contributed by atoms with van der Waals surface area (Å²) in [5, 5.41) is 5.32. The molecule has 2 aromatic rings. The van der Waals surface area contributed by atoms with E-state index in [1.165, 1.54) is 15.6 Å². The van der Waals surface area contributed by atoms with Crippen molar-refractivity contribution in [3.8, 4) is 0 Å². The zero-order valence-corrected chi connectivity index (χ0v) is 16.3. The van der Waals surface area contributed by atoms with Gasteiger partial charge in [-0.15, -0.1) is 11.3 Å².